The Morgan fingerprint density at radius 2 is 2.17 bits per heavy atom. The van der Waals surface area contributed by atoms with E-state index in [-0.39, 0.29) is 5.63 Å². The van der Waals surface area contributed by atoms with Crippen LogP contribution in [0.5, 0.6) is 0 Å². The minimum absolute atomic E-state index is 0.324. The summed E-state index contributed by atoms with van der Waals surface area (Å²) in [5, 5.41) is 0.943. The van der Waals surface area contributed by atoms with E-state index in [9.17, 15) is 4.79 Å². The second-order valence-corrected chi connectivity index (χ2v) is 6.10. The summed E-state index contributed by atoms with van der Waals surface area (Å²) >= 11 is 0. The third-order valence-electron chi connectivity index (χ3n) is 4.40. The number of rotatable bonds is 3. The third kappa shape index (κ3) is 2.63. The monoisotopic (exact) mass is 309 g/mol. The zero-order chi connectivity index (χ0) is 15.8. The number of aromatic nitrogens is 2. The largest absolute Gasteiger partial charge is 0.423 e. The van der Waals surface area contributed by atoms with Gasteiger partial charge in [-0.25, -0.2) is 9.78 Å². The third-order valence-corrected chi connectivity index (χ3v) is 4.40. The molecule has 3 heterocycles. The lowest BCUT2D eigenvalue weighted by molar-refractivity contribution is 0.522. The van der Waals surface area contributed by atoms with Crippen molar-refractivity contribution < 1.29 is 4.42 Å². The second-order valence-electron chi connectivity index (χ2n) is 6.10. The molecule has 0 saturated heterocycles. The molecule has 0 atom stereocenters. The quantitative estimate of drug-likeness (QED) is 0.698. The van der Waals surface area contributed by atoms with Crippen LogP contribution in [-0.4, -0.2) is 16.6 Å². The van der Waals surface area contributed by atoms with Crippen LogP contribution in [0, 0.1) is 0 Å². The van der Waals surface area contributed by atoms with Gasteiger partial charge in [-0.15, -0.1) is 0 Å². The maximum atomic E-state index is 11.8. The van der Waals surface area contributed by atoms with Gasteiger partial charge in [-0.1, -0.05) is 12.1 Å². The fourth-order valence-electron chi connectivity index (χ4n) is 3.29. The highest BCUT2D eigenvalue weighted by Crippen LogP contribution is 2.25. The number of aryl methyl sites for hydroxylation is 2. The molecule has 2 aromatic heterocycles. The lowest BCUT2D eigenvalue weighted by Gasteiger charge is -2.19. The number of fused-ring (bicyclic) bond motifs is 2. The molecular formula is C18H19N3O2. The first-order chi connectivity index (χ1) is 11.2. The maximum Gasteiger partial charge on any atom is 0.338 e. The maximum absolute atomic E-state index is 11.8. The number of hydrogen-bond acceptors (Lipinski definition) is 4. The summed E-state index contributed by atoms with van der Waals surface area (Å²) in [5.41, 5.74) is 2.21. The molecule has 1 aromatic carbocycles. The molecule has 5 heteroatoms. The molecule has 0 radical (unpaired) electrons. The minimum atomic E-state index is -0.324. The van der Waals surface area contributed by atoms with Gasteiger partial charge < -0.3 is 13.9 Å². The highest BCUT2D eigenvalue weighted by Gasteiger charge is 2.15. The summed E-state index contributed by atoms with van der Waals surface area (Å²) in [6.07, 6.45) is 5.64. The van der Waals surface area contributed by atoms with Gasteiger partial charge >= 0.3 is 5.63 Å². The predicted octanol–water partition coefficient (Wildman–Crippen LogP) is 2.96. The van der Waals surface area contributed by atoms with Crippen LogP contribution in [0.15, 0.2) is 45.7 Å². The average molecular weight is 309 g/mol. The number of benzene rings is 1. The normalized spacial score (nSPS) is 14.0. The van der Waals surface area contributed by atoms with E-state index in [1.807, 2.05) is 31.3 Å². The van der Waals surface area contributed by atoms with E-state index in [1.165, 1.54) is 18.7 Å². The van der Waals surface area contributed by atoms with Gasteiger partial charge in [0.05, 0.1) is 17.9 Å². The van der Waals surface area contributed by atoms with E-state index < -0.39 is 0 Å². The molecule has 1 aliphatic heterocycles. The summed E-state index contributed by atoms with van der Waals surface area (Å²) in [6, 6.07) is 9.18. The van der Waals surface area contributed by atoms with E-state index in [4.69, 9.17) is 9.40 Å². The first-order valence-corrected chi connectivity index (χ1v) is 8.00. The fourth-order valence-corrected chi connectivity index (χ4v) is 3.29. The van der Waals surface area contributed by atoms with Gasteiger partial charge in [0.2, 0.25) is 0 Å². The Bertz CT molecular complexity index is 887. The van der Waals surface area contributed by atoms with E-state index >= 15 is 0 Å². The van der Waals surface area contributed by atoms with E-state index in [0.717, 1.165) is 29.7 Å². The van der Waals surface area contributed by atoms with Gasteiger partial charge in [-0.2, -0.15) is 0 Å². The summed E-state index contributed by atoms with van der Waals surface area (Å²) in [7, 11) is 1.99. The van der Waals surface area contributed by atoms with Crippen molar-refractivity contribution in [2.45, 2.75) is 32.4 Å². The van der Waals surface area contributed by atoms with Crippen LogP contribution in [0.1, 0.15) is 24.4 Å². The summed E-state index contributed by atoms with van der Waals surface area (Å²) in [6.45, 7) is 1.73. The standard InChI is InChI=1S/C18H19N3O2/c1-20(11-13-12-21-9-5-4-8-17(21)19-13)15-10-18(22)23-16-7-3-2-6-14(15)16/h2-3,6-7,10,12H,4-5,8-9,11H2,1H3. The van der Waals surface area contributed by atoms with Crippen LogP contribution in [0.3, 0.4) is 0 Å². The van der Waals surface area contributed by atoms with Gasteiger partial charge in [-0.3, -0.25) is 0 Å². The molecule has 1 aliphatic rings. The topological polar surface area (TPSA) is 51.3 Å². The van der Waals surface area contributed by atoms with Crippen molar-refractivity contribution in [3.05, 3.63) is 58.5 Å². The number of nitrogens with zero attached hydrogens (tertiary/aromatic N) is 3. The van der Waals surface area contributed by atoms with Crippen molar-refractivity contribution in [2.24, 2.45) is 0 Å². The van der Waals surface area contributed by atoms with Crippen molar-refractivity contribution in [3.63, 3.8) is 0 Å². The molecule has 0 aliphatic carbocycles. The zero-order valence-corrected chi connectivity index (χ0v) is 13.2. The molecule has 0 unspecified atom stereocenters. The number of anilines is 1. The van der Waals surface area contributed by atoms with Crippen LogP contribution in [0.2, 0.25) is 0 Å². The van der Waals surface area contributed by atoms with Crippen LogP contribution < -0.4 is 10.5 Å². The van der Waals surface area contributed by atoms with Gasteiger partial charge in [-0.05, 0) is 25.0 Å². The molecule has 4 rings (SSSR count). The van der Waals surface area contributed by atoms with Crippen molar-refractivity contribution in [2.75, 3.05) is 11.9 Å². The van der Waals surface area contributed by atoms with E-state index in [2.05, 4.69) is 15.7 Å². The van der Waals surface area contributed by atoms with Crippen molar-refractivity contribution in [1.82, 2.24) is 9.55 Å². The van der Waals surface area contributed by atoms with Crippen LogP contribution in [-0.2, 0) is 19.5 Å². The van der Waals surface area contributed by atoms with Crippen molar-refractivity contribution in [3.8, 4) is 0 Å². The molecule has 0 amide bonds. The molecule has 0 N–H and O–H groups in total. The van der Waals surface area contributed by atoms with Gasteiger partial charge in [0, 0.05) is 37.7 Å². The van der Waals surface area contributed by atoms with E-state index in [0.29, 0.717) is 12.1 Å². The molecule has 0 fully saturated rings. The predicted molar refractivity (Wildman–Crippen MR) is 89.8 cm³/mol. The Kier molecular flexibility index (Phi) is 3.41. The molecule has 0 saturated carbocycles. The molecule has 5 nitrogen and oxygen atoms in total. The summed E-state index contributed by atoms with van der Waals surface area (Å²) < 4.78 is 7.52. The Morgan fingerprint density at radius 3 is 3.04 bits per heavy atom. The second kappa shape index (κ2) is 5.57. The highest BCUT2D eigenvalue weighted by atomic mass is 16.4. The zero-order valence-electron chi connectivity index (χ0n) is 13.2. The Labute approximate surface area is 134 Å². The molecule has 0 bridgehead atoms. The van der Waals surface area contributed by atoms with Crippen LogP contribution in [0.4, 0.5) is 5.69 Å². The van der Waals surface area contributed by atoms with Crippen LogP contribution >= 0.6 is 0 Å². The van der Waals surface area contributed by atoms with Gasteiger partial charge in [0.25, 0.3) is 0 Å². The Balaban J connectivity index is 1.68. The van der Waals surface area contributed by atoms with E-state index in [1.54, 1.807) is 6.07 Å². The van der Waals surface area contributed by atoms with Gasteiger partial charge in [0.15, 0.2) is 0 Å². The number of hydrogen-bond donors (Lipinski definition) is 0. The average Bonchev–Trinajstić information content (AvgIpc) is 2.96. The Hall–Kier alpha value is -2.56. The van der Waals surface area contributed by atoms with Crippen LogP contribution in [0.25, 0.3) is 11.0 Å². The lowest BCUT2D eigenvalue weighted by Crippen LogP contribution is -2.18. The van der Waals surface area contributed by atoms with Gasteiger partial charge in [0.1, 0.15) is 11.4 Å². The fraction of sp³-hybridized carbons (Fsp3) is 0.333. The first-order valence-electron chi connectivity index (χ1n) is 8.00. The highest BCUT2D eigenvalue weighted by molar-refractivity contribution is 5.89. The van der Waals surface area contributed by atoms with Crippen molar-refractivity contribution >= 4 is 16.7 Å². The summed E-state index contributed by atoms with van der Waals surface area (Å²) in [5.74, 6) is 1.18. The Morgan fingerprint density at radius 1 is 1.30 bits per heavy atom. The SMILES string of the molecule is CN(Cc1cn2c(n1)CCCC2)c1cc(=O)oc2ccccc12. The molecular weight excluding hydrogens is 290 g/mol. The number of imidazole rings is 1. The smallest absolute Gasteiger partial charge is 0.338 e. The lowest BCUT2D eigenvalue weighted by atomic mass is 10.2. The number of para-hydroxylation sites is 1. The molecule has 0 spiro atoms. The minimum Gasteiger partial charge on any atom is -0.423 e. The first kappa shape index (κ1) is 14.1. The summed E-state index contributed by atoms with van der Waals surface area (Å²) in [4.78, 5) is 18.6. The molecule has 118 valence electrons. The molecule has 3 aromatic rings. The van der Waals surface area contributed by atoms with Crippen molar-refractivity contribution in [1.29, 1.82) is 0 Å². The molecule has 23 heavy (non-hydrogen) atoms.